The maximum atomic E-state index is 6.18. The predicted octanol–water partition coefficient (Wildman–Crippen LogP) is 3.22. The van der Waals surface area contributed by atoms with E-state index in [0.717, 1.165) is 34.1 Å². The summed E-state index contributed by atoms with van der Waals surface area (Å²) in [7, 11) is 0. The average Bonchev–Trinajstić information content (AvgIpc) is 3.42. The van der Waals surface area contributed by atoms with Gasteiger partial charge in [0, 0.05) is 11.8 Å². The zero-order valence-corrected chi connectivity index (χ0v) is 14.1. The second-order valence-corrected chi connectivity index (χ2v) is 7.06. The Bertz CT molecular complexity index is 794. The summed E-state index contributed by atoms with van der Waals surface area (Å²) < 4.78 is 34.2. The highest BCUT2D eigenvalue weighted by molar-refractivity contribution is 5.46. The molecule has 2 saturated heterocycles. The van der Waals surface area contributed by atoms with Crippen molar-refractivity contribution in [2.45, 2.75) is 12.2 Å². The van der Waals surface area contributed by atoms with Gasteiger partial charge < -0.3 is 28.4 Å². The molecule has 0 amide bonds. The molecule has 4 aliphatic rings. The molecule has 0 saturated carbocycles. The number of hydrogen-bond acceptors (Lipinski definition) is 6. The summed E-state index contributed by atoms with van der Waals surface area (Å²) in [6.45, 7) is 1.93. The zero-order chi connectivity index (χ0) is 17.1. The number of ether oxygens (including phenoxy) is 6. The van der Waals surface area contributed by atoms with Crippen LogP contribution in [0.15, 0.2) is 36.4 Å². The molecule has 4 aliphatic heterocycles. The summed E-state index contributed by atoms with van der Waals surface area (Å²) in [6, 6.07) is 12.1. The lowest BCUT2D eigenvalue weighted by molar-refractivity contribution is 0.0192. The molecule has 0 spiro atoms. The molecule has 0 radical (unpaired) electrons. The fourth-order valence-electron chi connectivity index (χ4n) is 4.41. The summed E-state index contributed by atoms with van der Waals surface area (Å²) in [6.07, 6.45) is 0.0435. The number of fused-ring (bicyclic) bond motifs is 3. The summed E-state index contributed by atoms with van der Waals surface area (Å²) in [5, 5.41) is 0. The van der Waals surface area contributed by atoms with Crippen molar-refractivity contribution in [1.82, 2.24) is 0 Å². The highest BCUT2D eigenvalue weighted by Crippen LogP contribution is 2.52. The monoisotopic (exact) mass is 354 g/mol. The quantitative estimate of drug-likeness (QED) is 0.825. The molecule has 6 heteroatoms. The molecular weight excluding hydrogens is 336 g/mol. The minimum atomic E-state index is 0.0218. The molecule has 0 aromatic heterocycles. The van der Waals surface area contributed by atoms with Crippen LogP contribution in [0, 0.1) is 11.8 Å². The van der Waals surface area contributed by atoms with Gasteiger partial charge in [0.1, 0.15) is 0 Å². The Morgan fingerprint density at radius 2 is 1.04 bits per heavy atom. The van der Waals surface area contributed by atoms with Gasteiger partial charge in [0.25, 0.3) is 0 Å². The third kappa shape index (κ3) is 2.12. The summed E-state index contributed by atoms with van der Waals surface area (Å²) in [4.78, 5) is 0. The highest BCUT2D eigenvalue weighted by atomic mass is 16.7. The zero-order valence-electron chi connectivity index (χ0n) is 14.1. The van der Waals surface area contributed by atoms with E-state index in [1.807, 2.05) is 24.3 Å². The van der Waals surface area contributed by atoms with Crippen molar-refractivity contribution in [2.75, 3.05) is 26.8 Å². The van der Waals surface area contributed by atoms with E-state index in [1.54, 1.807) is 0 Å². The van der Waals surface area contributed by atoms with Gasteiger partial charge in [0.15, 0.2) is 23.0 Å². The number of hydrogen-bond donors (Lipinski definition) is 0. The lowest BCUT2D eigenvalue weighted by Crippen LogP contribution is -2.14. The van der Waals surface area contributed by atoms with Gasteiger partial charge in [0.05, 0.1) is 25.4 Å². The van der Waals surface area contributed by atoms with E-state index >= 15 is 0 Å². The second-order valence-electron chi connectivity index (χ2n) is 7.06. The smallest absolute Gasteiger partial charge is 0.231 e. The van der Waals surface area contributed by atoms with Crippen LogP contribution >= 0.6 is 0 Å². The normalized spacial score (nSPS) is 30.6. The Labute approximate surface area is 150 Å². The van der Waals surface area contributed by atoms with Crippen LogP contribution in [0.1, 0.15) is 23.3 Å². The first-order valence-electron chi connectivity index (χ1n) is 8.89. The predicted molar refractivity (Wildman–Crippen MR) is 89.5 cm³/mol. The molecule has 2 aromatic rings. The van der Waals surface area contributed by atoms with Gasteiger partial charge in [0.2, 0.25) is 13.6 Å². The van der Waals surface area contributed by atoms with Gasteiger partial charge in [-0.2, -0.15) is 0 Å². The van der Waals surface area contributed by atoms with Crippen molar-refractivity contribution in [3.05, 3.63) is 47.5 Å². The Morgan fingerprint density at radius 3 is 1.54 bits per heavy atom. The van der Waals surface area contributed by atoms with E-state index in [4.69, 9.17) is 28.4 Å². The SMILES string of the molecule is c1cc2c(cc1[C@H]1OC[C@@H]3[C@H]1CO[C@@H]3c1ccc3c(c1)OCO3)OCO2. The fraction of sp³-hybridized carbons (Fsp3) is 0.400. The standard InChI is InChI=1S/C20H18O6/c1-3-15-17(25-9-23-15)5-11(1)19-13-7-22-20(14(13)8-21-19)12-2-4-16-18(6-12)26-10-24-16/h1-6,13-14,19-20H,7-10H2/t13-,14-,19-,20-/m1/s1. The summed E-state index contributed by atoms with van der Waals surface area (Å²) >= 11 is 0. The van der Waals surface area contributed by atoms with Crippen molar-refractivity contribution < 1.29 is 28.4 Å². The first-order valence-corrected chi connectivity index (χ1v) is 8.89. The van der Waals surface area contributed by atoms with Crippen molar-refractivity contribution >= 4 is 0 Å². The molecule has 134 valence electrons. The minimum absolute atomic E-state index is 0.0218. The van der Waals surface area contributed by atoms with Crippen LogP contribution in [0.3, 0.4) is 0 Å². The van der Waals surface area contributed by atoms with E-state index in [0.29, 0.717) is 25.0 Å². The Balaban J connectivity index is 1.27. The van der Waals surface area contributed by atoms with Crippen molar-refractivity contribution in [3.8, 4) is 23.0 Å². The minimum Gasteiger partial charge on any atom is -0.454 e. The maximum Gasteiger partial charge on any atom is 0.231 e. The molecule has 0 aliphatic carbocycles. The molecule has 4 heterocycles. The van der Waals surface area contributed by atoms with Crippen LogP contribution in [-0.2, 0) is 9.47 Å². The van der Waals surface area contributed by atoms with Crippen molar-refractivity contribution in [3.63, 3.8) is 0 Å². The van der Waals surface area contributed by atoms with E-state index in [1.165, 1.54) is 0 Å². The van der Waals surface area contributed by atoms with Gasteiger partial charge in [-0.05, 0) is 35.4 Å². The molecular formula is C20H18O6. The van der Waals surface area contributed by atoms with E-state index in [2.05, 4.69) is 12.1 Å². The van der Waals surface area contributed by atoms with Crippen LogP contribution in [0.5, 0.6) is 23.0 Å². The van der Waals surface area contributed by atoms with Crippen LogP contribution in [0.25, 0.3) is 0 Å². The van der Waals surface area contributed by atoms with E-state index in [-0.39, 0.29) is 25.8 Å². The van der Waals surface area contributed by atoms with Gasteiger partial charge in [-0.3, -0.25) is 0 Å². The fourth-order valence-corrected chi connectivity index (χ4v) is 4.41. The molecule has 26 heavy (non-hydrogen) atoms. The maximum absolute atomic E-state index is 6.18. The van der Waals surface area contributed by atoms with Crippen molar-refractivity contribution in [1.29, 1.82) is 0 Å². The number of benzene rings is 2. The number of rotatable bonds is 2. The van der Waals surface area contributed by atoms with Gasteiger partial charge in [-0.1, -0.05) is 12.1 Å². The lowest BCUT2D eigenvalue weighted by atomic mass is 9.85. The van der Waals surface area contributed by atoms with Gasteiger partial charge >= 0.3 is 0 Å². The molecule has 6 rings (SSSR count). The average molecular weight is 354 g/mol. The highest BCUT2D eigenvalue weighted by Gasteiger charge is 2.48. The summed E-state index contributed by atoms with van der Waals surface area (Å²) in [5.74, 6) is 3.83. The molecule has 0 N–H and O–H groups in total. The Hall–Kier alpha value is -2.44. The molecule has 2 aromatic carbocycles. The Kier molecular flexibility index (Phi) is 3.12. The molecule has 4 atom stereocenters. The third-order valence-corrected chi connectivity index (χ3v) is 5.71. The molecule has 2 fully saturated rings. The van der Waals surface area contributed by atoms with Crippen molar-refractivity contribution in [2.24, 2.45) is 11.8 Å². The molecule has 0 bridgehead atoms. The van der Waals surface area contributed by atoms with Crippen LogP contribution in [0.4, 0.5) is 0 Å². The van der Waals surface area contributed by atoms with E-state index < -0.39 is 0 Å². The third-order valence-electron chi connectivity index (χ3n) is 5.71. The largest absolute Gasteiger partial charge is 0.454 e. The first-order chi connectivity index (χ1) is 12.9. The van der Waals surface area contributed by atoms with Gasteiger partial charge in [-0.25, -0.2) is 0 Å². The van der Waals surface area contributed by atoms with Crippen LogP contribution < -0.4 is 18.9 Å². The van der Waals surface area contributed by atoms with Gasteiger partial charge in [-0.15, -0.1) is 0 Å². The Morgan fingerprint density at radius 1 is 0.577 bits per heavy atom. The van der Waals surface area contributed by atoms with Crippen LogP contribution in [-0.4, -0.2) is 26.8 Å². The second kappa shape index (κ2) is 5.53. The molecule has 0 unspecified atom stereocenters. The van der Waals surface area contributed by atoms with Crippen LogP contribution in [0.2, 0.25) is 0 Å². The lowest BCUT2D eigenvalue weighted by Gasteiger charge is -2.17. The van der Waals surface area contributed by atoms with E-state index in [9.17, 15) is 0 Å². The first kappa shape index (κ1) is 14.7. The summed E-state index contributed by atoms with van der Waals surface area (Å²) in [5.41, 5.74) is 2.24. The topological polar surface area (TPSA) is 55.4 Å². The molecule has 6 nitrogen and oxygen atoms in total.